The Bertz CT molecular complexity index is 493. The van der Waals surface area contributed by atoms with E-state index >= 15 is 0 Å². The molecule has 0 spiro atoms. The number of hydrogen-bond donors (Lipinski definition) is 0. The second kappa shape index (κ2) is 5.84. The van der Waals surface area contributed by atoms with E-state index < -0.39 is 0 Å². The van der Waals surface area contributed by atoms with Crippen LogP contribution in [0.15, 0.2) is 18.2 Å². The van der Waals surface area contributed by atoms with Gasteiger partial charge in [0.2, 0.25) is 0 Å². The molecule has 2 aliphatic heterocycles. The van der Waals surface area contributed by atoms with E-state index in [9.17, 15) is 0 Å². The summed E-state index contributed by atoms with van der Waals surface area (Å²) in [5, 5.41) is 1.29. The number of nitrogens with zero attached hydrogens (tertiary/aromatic N) is 1. The summed E-state index contributed by atoms with van der Waals surface area (Å²) in [6.45, 7) is 0.812. The van der Waals surface area contributed by atoms with Crippen LogP contribution >= 0.6 is 23.2 Å². The van der Waals surface area contributed by atoms with Gasteiger partial charge in [0.1, 0.15) is 0 Å². The highest BCUT2D eigenvalue weighted by Crippen LogP contribution is 2.46. The molecule has 2 fully saturated rings. The van der Waals surface area contributed by atoms with Crippen LogP contribution in [0.4, 0.5) is 0 Å². The van der Waals surface area contributed by atoms with E-state index in [0.29, 0.717) is 34.0 Å². The predicted molar refractivity (Wildman–Crippen MR) is 83.8 cm³/mol. The van der Waals surface area contributed by atoms with E-state index in [1.807, 2.05) is 12.1 Å². The number of benzene rings is 1. The van der Waals surface area contributed by atoms with E-state index in [1.54, 1.807) is 7.11 Å². The number of hydrogen-bond acceptors (Lipinski definition) is 2. The van der Waals surface area contributed by atoms with Crippen LogP contribution in [0, 0.1) is 5.92 Å². The minimum Gasteiger partial charge on any atom is -0.384 e. The highest BCUT2D eigenvalue weighted by Gasteiger charge is 2.45. The molecule has 1 aromatic carbocycles. The zero-order valence-electron chi connectivity index (χ0n) is 12.0. The first kappa shape index (κ1) is 14.6. The van der Waals surface area contributed by atoms with E-state index in [2.05, 4.69) is 18.0 Å². The monoisotopic (exact) mass is 313 g/mol. The Balaban J connectivity index is 1.92. The lowest BCUT2D eigenvalue weighted by atomic mass is 9.76. The van der Waals surface area contributed by atoms with Crippen molar-refractivity contribution in [2.75, 3.05) is 20.8 Å². The van der Waals surface area contributed by atoms with Crippen molar-refractivity contribution in [1.82, 2.24) is 4.90 Å². The van der Waals surface area contributed by atoms with Crippen molar-refractivity contribution in [2.45, 2.75) is 37.3 Å². The average molecular weight is 314 g/mol. The zero-order chi connectivity index (χ0) is 14.3. The minimum absolute atomic E-state index is 0.526. The topological polar surface area (TPSA) is 12.5 Å². The van der Waals surface area contributed by atoms with Crippen LogP contribution in [0.1, 0.15) is 30.7 Å². The SMILES string of the molecule is COC[C@@H]1C(c2ccc(Cl)c(Cl)c2)C[C@@H]2CC[C@H]1N2C. The van der Waals surface area contributed by atoms with Crippen LogP contribution in [-0.2, 0) is 4.74 Å². The molecule has 110 valence electrons. The fourth-order valence-corrected chi connectivity index (χ4v) is 4.43. The molecule has 2 nitrogen and oxygen atoms in total. The van der Waals surface area contributed by atoms with Gasteiger partial charge >= 0.3 is 0 Å². The lowest BCUT2D eigenvalue weighted by Gasteiger charge is -2.43. The zero-order valence-corrected chi connectivity index (χ0v) is 13.5. The van der Waals surface area contributed by atoms with E-state index in [-0.39, 0.29) is 0 Å². The summed E-state index contributed by atoms with van der Waals surface area (Å²) >= 11 is 12.2. The average Bonchev–Trinajstić information content (AvgIpc) is 2.67. The molecule has 2 saturated heterocycles. The highest BCUT2D eigenvalue weighted by molar-refractivity contribution is 6.42. The van der Waals surface area contributed by atoms with Gasteiger partial charge in [-0.15, -0.1) is 0 Å². The molecule has 0 N–H and O–H groups in total. The molecule has 2 aliphatic rings. The van der Waals surface area contributed by atoms with Crippen molar-refractivity contribution in [3.05, 3.63) is 33.8 Å². The molecule has 2 bridgehead atoms. The quantitative estimate of drug-likeness (QED) is 0.829. The molecular formula is C16H21Cl2NO. The Kier molecular flexibility index (Phi) is 4.28. The van der Waals surface area contributed by atoms with E-state index in [4.69, 9.17) is 27.9 Å². The summed E-state index contributed by atoms with van der Waals surface area (Å²) in [4.78, 5) is 2.55. The number of piperidine rings is 1. The van der Waals surface area contributed by atoms with Crippen molar-refractivity contribution in [2.24, 2.45) is 5.92 Å². The van der Waals surface area contributed by atoms with Crippen molar-refractivity contribution >= 4 is 23.2 Å². The van der Waals surface area contributed by atoms with Crippen molar-refractivity contribution in [1.29, 1.82) is 0 Å². The summed E-state index contributed by atoms with van der Waals surface area (Å²) < 4.78 is 5.50. The maximum atomic E-state index is 6.20. The Morgan fingerprint density at radius 1 is 1.25 bits per heavy atom. The van der Waals surface area contributed by atoms with E-state index in [0.717, 1.165) is 6.61 Å². The van der Waals surface area contributed by atoms with Crippen LogP contribution in [-0.4, -0.2) is 37.7 Å². The second-order valence-corrected chi connectivity index (χ2v) is 6.91. The fourth-order valence-electron chi connectivity index (χ4n) is 4.12. The molecule has 4 heteroatoms. The predicted octanol–water partition coefficient (Wildman–Crippen LogP) is 4.21. The minimum atomic E-state index is 0.526. The van der Waals surface area contributed by atoms with Crippen LogP contribution in [0.3, 0.4) is 0 Å². The van der Waals surface area contributed by atoms with Gasteiger partial charge < -0.3 is 9.64 Å². The molecule has 1 unspecified atom stereocenters. The molecule has 20 heavy (non-hydrogen) atoms. The molecule has 0 aliphatic carbocycles. The third-order valence-corrected chi connectivity index (χ3v) is 5.90. The first-order chi connectivity index (χ1) is 9.61. The normalized spacial score (nSPS) is 33.6. The lowest BCUT2D eigenvalue weighted by molar-refractivity contribution is 0.0405. The molecule has 0 amide bonds. The van der Waals surface area contributed by atoms with Gasteiger partial charge in [0.25, 0.3) is 0 Å². The largest absolute Gasteiger partial charge is 0.384 e. The van der Waals surface area contributed by atoms with Gasteiger partial charge in [0.05, 0.1) is 16.7 Å². The summed E-state index contributed by atoms with van der Waals surface area (Å²) in [7, 11) is 4.06. The molecule has 2 heterocycles. The number of halogens is 2. The van der Waals surface area contributed by atoms with Crippen molar-refractivity contribution in [3.63, 3.8) is 0 Å². The molecule has 0 saturated carbocycles. The van der Waals surface area contributed by atoms with Crippen LogP contribution in [0.5, 0.6) is 0 Å². The Morgan fingerprint density at radius 3 is 2.75 bits per heavy atom. The molecule has 4 atom stereocenters. The van der Waals surface area contributed by atoms with Crippen molar-refractivity contribution < 1.29 is 4.74 Å². The maximum absolute atomic E-state index is 6.20. The Morgan fingerprint density at radius 2 is 2.05 bits per heavy atom. The van der Waals surface area contributed by atoms with Crippen LogP contribution < -0.4 is 0 Å². The van der Waals surface area contributed by atoms with Gasteiger partial charge in [-0.05, 0) is 49.9 Å². The number of methoxy groups -OCH3 is 1. The van der Waals surface area contributed by atoms with Gasteiger partial charge in [-0.25, -0.2) is 0 Å². The summed E-state index contributed by atoms with van der Waals surface area (Å²) in [6, 6.07) is 7.43. The fraction of sp³-hybridized carbons (Fsp3) is 0.625. The Hall–Kier alpha value is -0.280. The summed E-state index contributed by atoms with van der Waals surface area (Å²) in [5.74, 6) is 1.07. The van der Waals surface area contributed by atoms with Crippen molar-refractivity contribution in [3.8, 4) is 0 Å². The van der Waals surface area contributed by atoms with Crippen LogP contribution in [0.25, 0.3) is 0 Å². The first-order valence-electron chi connectivity index (χ1n) is 7.27. The molecule has 1 aromatic rings. The van der Waals surface area contributed by atoms with Gasteiger partial charge in [-0.1, -0.05) is 29.3 Å². The third kappa shape index (κ3) is 2.48. The highest BCUT2D eigenvalue weighted by atomic mass is 35.5. The lowest BCUT2D eigenvalue weighted by Crippen LogP contribution is -2.47. The van der Waals surface area contributed by atoms with E-state index in [1.165, 1.54) is 24.8 Å². The number of fused-ring (bicyclic) bond motifs is 2. The van der Waals surface area contributed by atoms with Crippen LogP contribution in [0.2, 0.25) is 10.0 Å². The smallest absolute Gasteiger partial charge is 0.0595 e. The van der Waals surface area contributed by atoms with Gasteiger partial charge in [-0.2, -0.15) is 0 Å². The number of ether oxygens (including phenoxy) is 1. The van der Waals surface area contributed by atoms with Gasteiger partial charge in [0.15, 0.2) is 0 Å². The van der Waals surface area contributed by atoms with Gasteiger partial charge in [-0.3, -0.25) is 0 Å². The Labute approximate surface area is 131 Å². The maximum Gasteiger partial charge on any atom is 0.0595 e. The summed E-state index contributed by atoms with van der Waals surface area (Å²) in [5.41, 5.74) is 1.31. The first-order valence-corrected chi connectivity index (χ1v) is 8.03. The second-order valence-electron chi connectivity index (χ2n) is 6.10. The van der Waals surface area contributed by atoms with Gasteiger partial charge in [0, 0.05) is 25.1 Å². The number of rotatable bonds is 3. The summed E-state index contributed by atoms with van der Waals surface area (Å²) in [6.07, 6.45) is 3.78. The molecular weight excluding hydrogens is 293 g/mol. The third-order valence-electron chi connectivity index (χ3n) is 5.16. The standard InChI is InChI=1S/C16H21Cl2NO/c1-19-11-4-6-16(19)13(9-20-2)12(8-11)10-3-5-14(17)15(18)7-10/h3,5,7,11-13,16H,4,6,8-9H2,1-2H3/t11-,12?,13+,16+/m0/s1. The molecule has 0 aromatic heterocycles. The molecule has 3 rings (SSSR count). The molecule has 0 radical (unpaired) electrons.